The Morgan fingerprint density at radius 2 is 1.76 bits per heavy atom. The van der Waals surface area contributed by atoms with Crippen LogP contribution in [0.2, 0.25) is 0 Å². The van der Waals surface area contributed by atoms with E-state index in [1.54, 1.807) is 24.3 Å². The van der Waals surface area contributed by atoms with Crippen LogP contribution in [0.5, 0.6) is 11.5 Å². The topological polar surface area (TPSA) is 55.8 Å². The Morgan fingerprint density at radius 1 is 1.12 bits per heavy atom. The van der Waals surface area contributed by atoms with Crippen molar-refractivity contribution in [3.05, 3.63) is 24.3 Å². The zero-order valence-electron chi connectivity index (χ0n) is 9.93. The quantitative estimate of drug-likeness (QED) is 0.575. The van der Waals surface area contributed by atoms with Crippen LogP contribution in [0.25, 0.3) is 0 Å². The fraction of sp³-hybridized carbons (Fsp3) is 0.500. The standard InChI is InChI=1S/C12H18O4S/c1-2-3-4-5-10-15-11-6-8-12(9-7-11)16-17(13)14/h6-9H,2-5,10H2,1H3,(H,13,14). The third kappa shape index (κ3) is 6.28. The second-order valence-electron chi connectivity index (χ2n) is 3.68. The number of hydrogen-bond donors (Lipinski definition) is 1. The molecule has 5 heteroatoms. The molecule has 0 radical (unpaired) electrons. The fourth-order valence-corrected chi connectivity index (χ4v) is 1.67. The van der Waals surface area contributed by atoms with Gasteiger partial charge in [0.15, 0.2) is 0 Å². The molecular weight excluding hydrogens is 240 g/mol. The summed E-state index contributed by atoms with van der Waals surface area (Å²) in [5.41, 5.74) is 0. The molecule has 1 aromatic carbocycles. The first-order valence-electron chi connectivity index (χ1n) is 5.74. The van der Waals surface area contributed by atoms with Gasteiger partial charge in [0.05, 0.1) is 6.61 Å². The highest BCUT2D eigenvalue weighted by Crippen LogP contribution is 2.18. The van der Waals surface area contributed by atoms with Gasteiger partial charge in [-0.25, -0.2) is 0 Å². The van der Waals surface area contributed by atoms with Crippen LogP contribution >= 0.6 is 0 Å². The lowest BCUT2D eigenvalue weighted by Crippen LogP contribution is -1.99. The van der Waals surface area contributed by atoms with E-state index in [9.17, 15) is 4.21 Å². The van der Waals surface area contributed by atoms with Crippen LogP contribution in [-0.2, 0) is 11.4 Å². The largest absolute Gasteiger partial charge is 0.494 e. The number of ether oxygens (including phenoxy) is 1. The summed E-state index contributed by atoms with van der Waals surface area (Å²) in [6, 6.07) is 6.66. The molecule has 4 nitrogen and oxygen atoms in total. The van der Waals surface area contributed by atoms with E-state index in [2.05, 4.69) is 11.1 Å². The minimum atomic E-state index is -2.27. The third-order valence-corrected chi connectivity index (χ3v) is 2.59. The number of rotatable bonds is 8. The molecule has 0 saturated carbocycles. The molecular formula is C12H18O4S. The van der Waals surface area contributed by atoms with Crippen LogP contribution in [0, 0.1) is 0 Å². The van der Waals surface area contributed by atoms with Crippen LogP contribution in [-0.4, -0.2) is 15.4 Å². The second-order valence-corrected chi connectivity index (χ2v) is 4.28. The predicted molar refractivity (Wildman–Crippen MR) is 67.5 cm³/mol. The highest BCUT2D eigenvalue weighted by Gasteiger charge is 1.99. The Bertz CT molecular complexity index is 337. The molecule has 1 aromatic rings. The molecule has 1 rings (SSSR count). The van der Waals surface area contributed by atoms with Crippen molar-refractivity contribution in [2.45, 2.75) is 32.6 Å². The summed E-state index contributed by atoms with van der Waals surface area (Å²) in [6.07, 6.45) is 4.68. The first-order valence-corrected chi connectivity index (χ1v) is 6.77. The van der Waals surface area contributed by atoms with E-state index >= 15 is 0 Å². The molecule has 0 aromatic heterocycles. The van der Waals surface area contributed by atoms with Crippen molar-refractivity contribution in [3.8, 4) is 11.5 Å². The summed E-state index contributed by atoms with van der Waals surface area (Å²) in [6.45, 7) is 2.87. The summed E-state index contributed by atoms with van der Waals surface area (Å²) in [5, 5.41) is 0. The second kappa shape index (κ2) is 8.08. The summed E-state index contributed by atoms with van der Waals surface area (Å²) < 4.78 is 29.0. The maximum absolute atomic E-state index is 10.4. The van der Waals surface area contributed by atoms with Crippen molar-refractivity contribution in [1.82, 2.24) is 0 Å². The predicted octanol–water partition coefficient (Wildman–Crippen LogP) is 3.16. The molecule has 0 bridgehead atoms. The lowest BCUT2D eigenvalue weighted by molar-refractivity contribution is 0.305. The van der Waals surface area contributed by atoms with E-state index in [1.807, 2.05) is 0 Å². The van der Waals surface area contributed by atoms with Crippen molar-refractivity contribution in [2.75, 3.05) is 6.61 Å². The van der Waals surface area contributed by atoms with Gasteiger partial charge in [-0.05, 0) is 30.7 Å². The Balaban J connectivity index is 2.28. The van der Waals surface area contributed by atoms with Gasteiger partial charge in [0.1, 0.15) is 11.5 Å². The first-order chi connectivity index (χ1) is 8.22. The highest BCUT2D eigenvalue weighted by molar-refractivity contribution is 7.74. The monoisotopic (exact) mass is 258 g/mol. The first kappa shape index (κ1) is 14.0. The van der Waals surface area contributed by atoms with Crippen LogP contribution in [0.1, 0.15) is 32.6 Å². The van der Waals surface area contributed by atoms with Crippen LogP contribution in [0.15, 0.2) is 24.3 Å². The lowest BCUT2D eigenvalue weighted by Gasteiger charge is -2.06. The van der Waals surface area contributed by atoms with Crippen molar-refractivity contribution >= 4 is 11.4 Å². The van der Waals surface area contributed by atoms with Gasteiger partial charge < -0.3 is 8.92 Å². The molecule has 1 unspecified atom stereocenters. The maximum Gasteiger partial charge on any atom is 0.357 e. The number of hydrogen-bond acceptors (Lipinski definition) is 3. The minimum Gasteiger partial charge on any atom is -0.494 e. The molecule has 0 aliphatic carbocycles. The summed E-state index contributed by atoms with van der Waals surface area (Å²) in [4.78, 5) is 0. The van der Waals surface area contributed by atoms with Gasteiger partial charge in [-0.2, -0.15) is 4.21 Å². The minimum absolute atomic E-state index is 0.351. The van der Waals surface area contributed by atoms with Gasteiger partial charge in [0, 0.05) is 0 Å². The molecule has 1 atom stereocenters. The average molecular weight is 258 g/mol. The zero-order chi connectivity index (χ0) is 12.5. The summed E-state index contributed by atoms with van der Waals surface area (Å²) in [5.74, 6) is 1.10. The molecule has 0 amide bonds. The molecule has 1 N–H and O–H groups in total. The molecule has 0 fully saturated rings. The van der Waals surface area contributed by atoms with Crippen molar-refractivity contribution in [2.24, 2.45) is 0 Å². The average Bonchev–Trinajstić information content (AvgIpc) is 2.30. The van der Waals surface area contributed by atoms with Gasteiger partial charge in [0.25, 0.3) is 0 Å². The van der Waals surface area contributed by atoms with Gasteiger partial charge in [-0.3, -0.25) is 4.55 Å². The van der Waals surface area contributed by atoms with E-state index in [-0.39, 0.29) is 0 Å². The SMILES string of the molecule is CCCCCCOc1ccc(OS(=O)O)cc1. The van der Waals surface area contributed by atoms with E-state index in [0.29, 0.717) is 12.4 Å². The van der Waals surface area contributed by atoms with Crippen molar-refractivity contribution < 1.29 is 17.7 Å². The van der Waals surface area contributed by atoms with E-state index < -0.39 is 11.4 Å². The van der Waals surface area contributed by atoms with Crippen LogP contribution < -0.4 is 8.92 Å². The van der Waals surface area contributed by atoms with E-state index in [4.69, 9.17) is 9.29 Å². The fourth-order valence-electron chi connectivity index (χ4n) is 1.39. The van der Waals surface area contributed by atoms with E-state index in [0.717, 1.165) is 12.2 Å². The third-order valence-electron chi connectivity index (χ3n) is 2.26. The van der Waals surface area contributed by atoms with Gasteiger partial charge in [-0.1, -0.05) is 26.2 Å². The van der Waals surface area contributed by atoms with E-state index in [1.165, 1.54) is 19.3 Å². The Morgan fingerprint density at radius 3 is 2.35 bits per heavy atom. The highest BCUT2D eigenvalue weighted by atomic mass is 32.2. The molecule has 0 heterocycles. The van der Waals surface area contributed by atoms with Gasteiger partial charge in [-0.15, -0.1) is 0 Å². The molecule has 96 valence electrons. The van der Waals surface area contributed by atoms with Crippen LogP contribution in [0.3, 0.4) is 0 Å². The lowest BCUT2D eigenvalue weighted by atomic mass is 10.2. The summed E-state index contributed by atoms with van der Waals surface area (Å²) in [7, 11) is 0. The Labute approximate surface area is 104 Å². The number of unbranched alkanes of at least 4 members (excludes halogenated alkanes) is 3. The molecule has 0 aliphatic heterocycles. The Kier molecular flexibility index (Phi) is 6.65. The van der Waals surface area contributed by atoms with Crippen LogP contribution in [0.4, 0.5) is 0 Å². The Hall–Kier alpha value is -1.07. The molecule has 0 aliphatic rings. The van der Waals surface area contributed by atoms with Gasteiger partial charge in [0.2, 0.25) is 0 Å². The molecule has 17 heavy (non-hydrogen) atoms. The smallest absolute Gasteiger partial charge is 0.357 e. The molecule has 0 saturated heterocycles. The van der Waals surface area contributed by atoms with Crippen molar-refractivity contribution in [3.63, 3.8) is 0 Å². The zero-order valence-corrected chi connectivity index (χ0v) is 10.7. The summed E-state index contributed by atoms with van der Waals surface area (Å²) >= 11 is -2.27. The maximum atomic E-state index is 10.4. The molecule has 0 spiro atoms. The van der Waals surface area contributed by atoms with Crippen molar-refractivity contribution in [1.29, 1.82) is 0 Å². The number of benzene rings is 1. The van der Waals surface area contributed by atoms with Gasteiger partial charge >= 0.3 is 11.4 Å². The normalized spacial score (nSPS) is 12.1.